The fourth-order valence-corrected chi connectivity index (χ4v) is 3.03. The Labute approximate surface area is 110 Å². The van der Waals surface area contributed by atoms with E-state index in [9.17, 15) is 0 Å². The fraction of sp³-hybridized carbons (Fsp3) is 0.133. The van der Waals surface area contributed by atoms with Crippen molar-refractivity contribution in [3.63, 3.8) is 0 Å². The zero-order valence-electron chi connectivity index (χ0n) is 9.67. The van der Waals surface area contributed by atoms with Gasteiger partial charge < -0.3 is 4.74 Å². The van der Waals surface area contributed by atoms with Gasteiger partial charge in [0, 0.05) is 4.90 Å². The predicted molar refractivity (Wildman–Crippen MR) is 71.0 cm³/mol. The number of hydrogen-bond donors (Lipinski definition) is 0. The van der Waals surface area contributed by atoms with Gasteiger partial charge in [0.1, 0.15) is 5.44 Å². The van der Waals surface area contributed by atoms with Crippen LogP contribution in [0.4, 0.5) is 0 Å². The van der Waals surface area contributed by atoms with Gasteiger partial charge in [-0.3, -0.25) is 0 Å². The maximum Gasteiger partial charge on any atom is 0.133 e. The van der Waals surface area contributed by atoms with Crippen molar-refractivity contribution >= 4 is 11.8 Å². The van der Waals surface area contributed by atoms with Crippen LogP contribution in [0, 0.1) is 11.3 Å². The zero-order chi connectivity index (χ0) is 12.4. The van der Waals surface area contributed by atoms with Gasteiger partial charge in [0.15, 0.2) is 0 Å². The van der Waals surface area contributed by atoms with Gasteiger partial charge in [0.05, 0.1) is 18.2 Å². The van der Waals surface area contributed by atoms with Crippen LogP contribution in [0.3, 0.4) is 0 Å². The molecule has 0 aromatic heterocycles. The average Bonchev–Trinajstić information content (AvgIpc) is 2.47. The molecule has 1 atom stereocenters. The smallest absolute Gasteiger partial charge is 0.133 e. The van der Waals surface area contributed by atoms with E-state index in [2.05, 4.69) is 18.2 Å². The normalized spacial score (nSPS) is 17.8. The number of rotatable bonds is 1. The number of nitrogens with zero attached hydrogens (tertiary/aromatic N) is 1. The first kappa shape index (κ1) is 11.3. The summed E-state index contributed by atoms with van der Waals surface area (Å²) in [5.74, 6) is 0. The lowest BCUT2D eigenvalue weighted by Gasteiger charge is -2.24. The molecule has 2 aromatic carbocycles. The molecule has 0 N–H and O–H groups in total. The van der Waals surface area contributed by atoms with Crippen LogP contribution in [0.15, 0.2) is 53.4 Å². The number of benzene rings is 2. The Morgan fingerprint density at radius 2 is 1.89 bits per heavy atom. The van der Waals surface area contributed by atoms with E-state index in [4.69, 9.17) is 10.00 Å². The second-order valence-corrected chi connectivity index (χ2v) is 5.21. The molecular formula is C15H11NOS. The Morgan fingerprint density at radius 3 is 2.67 bits per heavy atom. The lowest BCUT2D eigenvalue weighted by molar-refractivity contribution is 0.0926. The second-order valence-electron chi connectivity index (χ2n) is 4.10. The van der Waals surface area contributed by atoms with Crippen molar-refractivity contribution in [1.29, 1.82) is 5.26 Å². The lowest BCUT2D eigenvalue weighted by Crippen LogP contribution is -2.07. The van der Waals surface area contributed by atoms with E-state index in [0.29, 0.717) is 12.2 Å². The van der Waals surface area contributed by atoms with Crippen LogP contribution in [0.2, 0.25) is 0 Å². The zero-order valence-corrected chi connectivity index (χ0v) is 10.5. The first-order valence-electron chi connectivity index (χ1n) is 5.73. The van der Waals surface area contributed by atoms with Crippen LogP contribution in [0.5, 0.6) is 0 Å². The molecule has 18 heavy (non-hydrogen) atoms. The topological polar surface area (TPSA) is 33.0 Å². The number of hydrogen-bond acceptors (Lipinski definition) is 3. The molecule has 88 valence electrons. The molecule has 2 aromatic rings. The van der Waals surface area contributed by atoms with Crippen LogP contribution < -0.4 is 0 Å². The van der Waals surface area contributed by atoms with Gasteiger partial charge in [-0.2, -0.15) is 5.26 Å². The van der Waals surface area contributed by atoms with Crippen LogP contribution in [-0.2, 0) is 11.3 Å². The summed E-state index contributed by atoms with van der Waals surface area (Å²) in [4.78, 5) is 1.28. The van der Waals surface area contributed by atoms with Crippen molar-refractivity contribution < 1.29 is 4.74 Å². The first-order chi connectivity index (χ1) is 8.86. The van der Waals surface area contributed by atoms with E-state index >= 15 is 0 Å². The third-order valence-electron chi connectivity index (χ3n) is 2.91. The van der Waals surface area contributed by atoms with Gasteiger partial charge in [-0.15, -0.1) is 0 Å². The SMILES string of the molecule is N#Cc1ccc(C2OCc3ccccc3S2)cc1. The van der Waals surface area contributed by atoms with Gasteiger partial charge in [0.2, 0.25) is 0 Å². The maximum absolute atomic E-state index is 8.78. The van der Waals surface area contributed by atoms with Crippen LogP contribution in [0.25, 0.3) is 0 Å². The quantitative estimate of drug-likeness (QED) is 0.773. The molecule has 0 saturated heterocycles. The van der Waals surface area contributed by atoms with Gasteiger partial charge in [0.25, 0.3) is 0 Å². The lowest BCUT2D eigenvalue weighted by atomic mass is 10.1. The molecule has 0 fully saturated rings. The number of ether oxygens (including phenoxy) is 1. The molecule has 2 nitrogen and oxygen atoms in total. The first-order valence-corrected chi connectivity index (χ1v) is 6.61. The summed E-state index contributed by atoms with van der Waals surface area (Å²) in [5, 5.41) is 8.78. The molecule has 1 aliphatic heterocycles. The highest BCUT2D eigenvalue weighted by atomic mass is 32.2. The van der Waals surface area contributed by atoms with Crippen molar-refractivity contribution in [3.05, 3.63) is 65.2 Å². The fourth-order valence-electron chi connectivity index (χ4n) is 1.93. The molecule has 0 saturated carbocycles. The third-order valence-corrected chi connectivity index (χ3v) is 4.18. The largest absolute Gasteiger partial charge is 0.358 e. The molecule has 1 aliphatic rings. The summed E-state index contributed by atoms with van der Waals surface area (Å²) < 4.78 is 5.84. The Hall–Kier alpha value is -1.76. The van der Waals surface area contributed by atoms with E-state index in [1.807, 2.05) is 36.4 Å². The summed E-state index contributed by atoms with van der Waals surface area (Å²) in [7, 11) is 0. The summed E-state index contributed by atoms with van der Waals surface area (Å²) in [5.41, 5.74) is 3.05. The number of fused-ring (bicyclic) bond motifs is 1. The second kappa shape index (κ2) is 4.85. The highest BCUT2D eigenvalue weighted by Crippen LogP contribution is 2.42. The minimum atomic E-state index is 0.0210. The third kappa shape index (κ3) is 2.13. The molecule has 3 rings (SSSR count). The van der Waals surface area contributed by atoms with E-state index in [1.165, 1.54) is 10.5 Å². The highest BCUT2D eigenvalue weighted by molar-refractivity contribution is 7.99. The van der Waals surface area contributed by atoms with Crippen LogP contribution >= 0.6 is 11.8 Å². The van der Waals surface area contributed by atoms with E-state index in [-0.39, 0.29) is 5.44 Å². The van der Waals surface area contributed by atoms with Crippen molar-refractivity contribution in [3.8, 4) is 6.07 Å². The van der Waals surface area contributed by atoms with Gasteiger partial charge in [-0.1, -0.05) is 42.1 Å². The number of nitriles is 1. The molecular weight excluding hydrogens is 242 g/mol. The molecule has 0 bridgehead atoms. The minimum Gasteiger partial charge on any atom is -0.358 e. The Kier molecular flexibility index (Phi) is 3.06. The minimum absolute atomic E-state index is 0.0210. The van der Waals surface area contributed by atoms with Crippen molar-refractivity contribution in [1.82, 2.24) is 0 Å². The maximum atomic E-state index is 8.78. The van der Waals surface area contributed by atoms with Crippen molar-refractivity contribution in [2.24, 2.45) is 0 Å². The summed E-state index contributed by atoms with van der Waals surface area (Å²) >= 11 is 1.72. The van der Waals surface area contributed by atoms with E-state index in [0.717, 1.165) is 5.56 Å². The monoisotopic (exact) mass is 253 g/mol. The van der Waals surface area contributed by atoms with Gasteiger partial charge in [-0.25, -0.2) is 0 Å². The summed E-state index contributed by atoms with van der Waals surface area (Å²) in [6.07, 6.45) is 0. The van der Waals surface area contributed by atoms with Gasteiger partial charge >= 0.3 is 0 Å². The summed E-state index contributed by atoms with van der Waals surface area (Å²) in [6, 6.07) is 18.0. The molecule has 3 heteroatoms. The molecule has 0 aliphatic carbocycles. The van der Waals surface area contributed by atoms with Crippen LogP contribution in [0.1, 0.15) is 22.1 Å². The van der Waals surface area contributed by atoms with Crippen molar-refractivity contribution in [2.45, 2.75) is 16.9 Å². The molecule has 1 heterocycles. The standard InChI is InChI=1S/C15H11NOS/c16-9-11-5-7-12(8-6-11)15-17-10-13-3-1-2-4-14(13)18-15/h1-8,15H,10H2. The number of thioether (sulfide) groups is 1. The Balaban J connectivity index is 1.85. The molecule has 1 unspecified atom stereocenters. The van der Waals surface area contributed by atoms with E-state index < -0.39 is 0 Å². The van der Waals surface area contributed by atoms with Gasteiger partial charge in [-0.05, 0) is 29.3 Å². The predicted octanol–water partition coefficient (Wildman–Crippen LogP) is 3.88. The molecule has 0 amide bonds. The van der Waals surface area contributed by atoms with E-state index in [1.54, 1.807) is 11.8 Å². The highest BCUT2D eigenvalue weighted by Gasteiger charge is 2.20. The average molecular weight is 253 g/mol. The molecule has 0 spiro atoms. The molecule has 0 radical (unpaired) electrons. The Bertz CT molecular complexity index is 601. The Morgan fingerprint density at radius 1 is 1.11 bits per heavy atom. The summed E-state index contributed by atoms with van der Waals surface area (Å²) in [6.45, 7) is 0.647. The van der Waals surface area contributed by atoms with Crippen molar-refractivity contribution in [2.75, 3.05) is 0 Å². The van der Waals surface area contributed by atoms with Crippen LogP contribution in [-0.4, -0.2) is 0 Å².